The number of carbonyl (C=O) groups is 3. The van der Waals surface area contributed by atoms with Gasteiger partial charge in [0, 0.05) is 18.0 Å². The van der Waals surface area contributed by atoms with Crippen molar-refractivity contribution in [2.45, 2.75) is 5.50 Å². The topological polar surface area (TPSA) is 131 Å². The summed E-state index contributed by atoms with van der Waals surface area (Å²) in [5, 5.41) is 13.6. The molecule has 0 aromatic rings. The van der Waals surface area contributed by atoms with Crippen molar-refractivity contribution in [3.05, 3.63) is 10.1 Å². The number of amides is 5. The number of hydrogen-bond donors (Lipinski definition) is 2. The zero-order valence-corrected chi connectivity index (χ0v) is 10.4. The summed E-state index contributed by atoms with van der Waals surface area (Å²) in [6.07, 6.45) is 0. The fourth-order valence-electron chi connectivity index (χ4n) is 1.24. The third-order valence-corrected chi connectivity index (χ3v) is 2.51. The molecule has 106 valence electrons. The van der Waals surface area contributed by atoms with E-state index in [2.05, 4.69) is 0 Å². The molecule has 10 nitrogen and oxygen atoms in total. The summed E-state index contributed by atoms with van der Waals surface area (Å²) >= 11 is 5.09. The van der Waals surface area contributed by atoms with Crippen LogP contribution in [0.15, 0.2) is 0 Å². The van der Waals surface area contributed by atoms with Crippen LogP contribution in [0.3, 0.4) is 0 Å². The third kappa shape index (κ3) is 4.67. The van der Waals surface area contributed by atoms with Gasteiger partial charge >= 0.3 is 23.5 Å². The number of imide groups is 2. The van der Waals surface area contributed by atoms with Crippen molar-refractivity contribution in [3.63, 3.8) is 0 Å². The minimum absolute atomic E-state index is 0.306. The highest BCUT2D eigenvalue weighted by atomic mass is 35.5. The number of nitrogens with one attached hydrogen (secondary N) is 2. The van der Waals surface area contributed by atoms with Crippen LogP contribution >= 0.6 is 11.6 Å². The van der Waals surface area contributed by atoms with Crippen LogP contribution in [0, 0.1) is 10.1 Å². The maximum Gasteiger partial charge on any atom is 0.363 e. The van der Waals surface area contributed by atoms with E-state index >= 15 is 0 Å². The molecule has 0 unspecified atom stereocenters. The number of ether oxygens (including phenoxy) is 1. The predicted octanol–water partition coefficient (Wildman–Crippen LogP) is -0.894. The van der Waals surface area contributed by atoms with Gasteiger partial charge in [-0.3, -0.25) is 25.5 Å². The lowest BCUT2D eigenvalue weighted by Gasteiger charge is -2.26. The highest BCUT2D eigenvalue weighted by Gasteiger charge is 2.29. The van der Waals surface area contributed by atoms with E-state index in [1.165, 1.54) is 4.90 Å². The van der Waals surface area contributed by atoms with Crippen LogP contribution in [0.25, 0.3) is 0 Å². The van der Waals surface area contributed by atoms with E-state index in [4.69, 9.17) is 16.3 Å². The Labute approximate surface area is 112 Å². The first kappa shape index (κ1) is 15.1. The standard InChI is InChI=1S/C8H11ClN4O6/c9-5(13(17)18)6(14)10-7(15)11-8(16)12-1-3-19-4-2-12/h5H,1-4H2,(H2,10,11,14,15,16)/t5-/m1/s1. The Morgan fingerprint density at radius 2 is 1.84 bits per heavy atom. The number of hydrogen-bond acceptors (Lipinski definition) is 6. The van der Waals surface area contributed by atoms with E-state index in [0.717, 1.165) is 0 Å². The second kappa shape index (κ2) is 6.85. The van der Waals surface area contributed by atoms with E-state index in [9.17, 15) is 24.5 Å². The van der Waals surface area contributed by atoms with Gasteiger partial charge in [-0.15, -0.1) is 0 Å². The minimum Gasteiger partial charge on any atom is -0.378 e. The van der Waals surface area contributed by atoms with Gasteiger partial charge in [0.1, 0.15) is 0 Å². The molecule has 0 aromatic carbocycles. The van der Waals surface area contributed by atoms with Crippen LogP contribution in [0.5, 0.6) is 0 Å². The van der Waals surface area contributed by atoms with Crippen LogP contribution in [0.2, 0.25) is 0 Å². The second-order valence-electron chi connectivity index (χ2n) is 3.47. The molecular weight excluding hydrogens is 284 g/mol. The van der Waals surface area contributed by atoms with Crippen molar-refractivity contribution in [1.82, 2.24) is 15.5 Å². The van der Waals surface area contributed by atoms with Crippen molar-refractivity contribution in [1.29, 1.82) is 0 Å². The lowest BCUT2D eigenvalue weighted by Crippen LogP contribution is -2.52. The fraction of sp³-hybridized carbons (Fsp3) is 0.625. The van der Waals surface area contributed by atoms with Crippen molar-refractivity contribution < 1.29 is 24.0 Å². The van der Waals surface area contributed by atoms with Gasteiger partial charge in [0.15, 0.2) is 0 Å². The molecule has 11 heteroatoms. The molecule has 1 aliphatic heterocycles. The molecular formula is C8H11ClN4O6. The number of carbonyl (C=O) groups excluding carboxylic acids is 3. The molecule has 1 atom stereocenters. The van der Waals surface area contributed by atoms with E-state index in [1.807, 2.05) is 5.32 Å². The van der Waals surface area contributed by atoms with E-state index in [-0.39, 0.29) is 0 Å². The summed E-state index contributed by atoms with van der Waals surface area (Å²) in [5.74, 6) is -1.32. The minimum atomic E-state index is -2.09. The average molecular weight is 295 g/mol. The van der Waals surface area contributed by atoms with Gasteiger partial charge in [0.25, 0.3) is 0 Å². The SMILES string of the molecule is O=C(NC(=O)[C@H](Cl)[N+](=O)[O-])NC(=O)N1CCOCC1. The Hall–Kier alpha value is -1.94. The van der Waals surface area contributed by atoms with Gasteiger partial charge in [-0.2, -0.15) is 0 Å². The summed E-state index contributed by atoms with van der Waals surface area (Å²) in [6, 6.07) is -1.89. The zero-order valence-electron chi connectivity index (χ0n) is 9.63. The van der Waals surface area contributed by atoms with Crippen LogP contribution in [-0.2, 0) is 9.53 Å². The highest BCUT2D eigenvalue weighted by Crippen LogP contribution is 1.98. The molecule has 19 heavy (non-hydrogen) atoms. The first-order chi connectivity index (χ1) is 8.91. The van der Waals surface area contributed by atoms with Crippen molar-refractivity contribution in [2.75, 3.05) is 26.3 Å². The summed E-state index contributed by atoms with van der Waals surface area (Å²) in [4.78, 5) is 44.2. The monoisotopic (exact) mass is 294 g/mol. The molecule has 1 fully saturated rings. The zero-order chi connectivity index (χ0) is 14.4. The molecule has 1 rings (SSSR count). The molecule has 0 bridgehead atoms. The van der Waals surface area contributed by atoms with Crippen molar-refractivity contribution in [2.24, 2.45) is 0 Å². The number of alkyl halides is 1. The Morgan fingerprint density at radius 1 is 1.26 bits per heavy atom. The van der Waals surface area contributed by atoms with E-state index < -0.39 is 28.4 Å². The quantitative estimate of drug-likeness (QED) is 0.294. The molecule has 2 N–H and O–H groups in total. The third-order valence-electron chi connectivity index (χ3n) is 2.16. The Kier molecular flexibility index (Phi) is 5.45. The molecule has 5 amide bonds. The number of nitrogens with zero attached hydrogens (tertiary/aromatic N) is 2. The van der Waals surface area contributed by atoms with E-state index in [1.54, 1.807) is 5.32 Å². The van der Waals surface area contributed by atoms with Crippen LogP contribution in [0.1, 0.15) is 0 Å². The lowest BCUT2D eigenvalue weighted by molar-refractivity contribution is -0.484. The molecule has 1 saturated heterocycles. The van der Waals surface area contributed by atoms with Crippen molar-refractivity contribution in [3.8, 4) is 0 Å². The van der Waals surface area contributed by atoms with Gasteiger partial charge in [-0.1, -0.05) is 0 Å². The molecule has 1 aliphatic rings. The number of rotatable bonds is 2. The molecule has 0 aromatic heterocycles. The van der Waals surface area contributed by atoms with Gasteiger partial charge in [-0.05, 0) is 11.6 Å². The van der Waals surface area contributed by atoms with E-state index in [0.29, 0.717) is 26.3 Å². The smallest absolute Gasteiger partial charge is 0.363 e. The molecule has 1 heterocycles. The van der Waals surface area contributed by atoms with Gasteiger partial charge in [-0.25, -0.2) is 9.59 Å². The first-order valence-corrected chi connectivity index (χ1v) is 5.61. The largest absolute Gasteiger partial charge is 0.378 e. The number of nitro groups is 1. The fourth-order valence-corrected chi connectivity index (χ4v) is 1.30. The lowest BCUT2D eigenvalue weighted by atomic mass is 10.4. The van der Waals surface area contributed by atoms with Gasteiger partial charge in [0.2, 0.25) is 0 Å². The maximum absolute atomic E-state index is 11.5. The summed E-state index contributed by atoms with van der Waals surface area (Å²) in [5.41, 5.74) is -2.09. The van der Waals surface area contributed by atoms with Crippen LogP contribution < -0.4 is 10.6 Å². The number of halogens is 1. The normalized spacial score (nSPS) is 16.4. The van der Waals surface area contributed by atoms with Gasteiger partial charge < -0.3 is 9.64 Å². The van der Waals surface area contributed by atoms with Crippen molar-refractivity contribution >= 4 is 29.6 Å². The number of urea groups is 2. The Morgan fingerprint density at radius 3 is 2.37 bits per heavy atom. The van der Waals surface area contributed by atoms with Gasteiger partial charge in [0.05, 0.1) is 13.2 Å². The number of morpholine rings is 1. The van der Waals surface area contributed by atoms with Crippen LogP contribution in [-0.4, -0.2) is 59.6 Å². The van der Waals surface area contributed by atoms with Crippen LogP contribution in [0.4, 0.5) is 9.59 Å². The predicted molar refractivity (Wildman–Crippen MR) is 61.1 cm³/mol. The molecule has 0 radical (unpaired) electrons. The summed E-state index contributed by atoms with van der Waals surface area (Å²) < 4.78 is 5.01. The highest BCUT2D eigenvalue weighted by molar-refractivity contribution is 6.30. The molecule has 0 saturated carbocycles. The Bertz CT molecular complexity index is 397. The average Bonchev–Trinajstić information content (AvgIpc) is 2.38. The second-order valence-corrected chi connectivity index (χ2v) is 3.88. The Balaban J connectivity index is 2.40. The summed E-state index contributed by atoms with van der Waals surface area (Å²) in [6.45, 7) is 1.30. The first-order valence-electron chi connectivity index (χ1n) is 5.18. The molecule has 0 aliphatic carbocycles. The maximum atomic E-state index is 11.5. The summed E-state index contributed by atoms with van der Waals surface area (Å²) in [7, 11) is 0. The molecule has 0 spiro atoms.